The van der Waals surface area contributed by atoms with Gasteiger partial charge in [-0.05, 0) is 36.6 Å². The largest absolute Gasteiger partial charge is 0.398 e. The van der Waals surface area contributed by atoms with E-state index in [0.29, 0.717) is 12.1 Å². The summed E-state index contributed by atoms with van der Waals surface area (Å²) in [4.78, 5) is 10.3. The van der Waals surface area contributed by atoms with Crippen molar-refractivity contribution in [3.63, 3.8) is 0 Å². The zero-order valence-electron chi connectivity index (χ0n) is 7.42. The predicted molar refractivity (Wildman–Crippen MR) is 50.1 cm³/mol. The monoisotopic (exact) mass is 163 g/mol. The Balaban J connectivity index is 3.13. The van der Waals surface area contributed by atoms with E-state index in [0.717, 1.165) is 11.8 Å². The average Bonchev–Trinajstić information content (AvgIpc) is 2.01. The number of nitrogens with two attached hydrogens (primary N) is 1. The maximum Gasteiger partial charge on any atom is 0.124 e. The van der Waals surface area contributed by atoms with E-state index in [1.807, 2.05) is 26.0 Å². The van der Waals surface area contributed by atoms with E-state index in [2.05, 4.69) is 0 Å². The molecule has 0 atom stereocenters. The number of benzene rings is 1. The van der Waals surface area contributed by atoms with Gasteiger partial charge in [-0.2, -0.15) is 0 Å². The van der Waals surface area contributed by atoms with Gasteiger partial charge in [-0.25, -0.2) is 0 Å². The first-order chi connectivity index (χ1) is 5.65. The summed E-state index contributed by atoms with van der Waals surface area (Å²) in [6, 6.07) is 3.88. The molecule has 1 aromatic carbocycles. The third-order valence-corrected chi connectivity index (χ3v) is 2.06. The first kappa shape index (κ1) is 8.78. The molecule has 0 unspecified atom stereocenters. The van der Waals surface area contributed by atoms with Crippen LogP contribution in [0.25, 0.3) is 0 Å². The maximum atomic E-state index is 10.3. The number of anilines is 1. The molecular weight excluding hydrogens is 150 g/mol. The van der Waals surface area contributed by atoms with Crippen LogP contribution in [-0.2, 0) is 11.2 Å². The van der Waals surface area contributed by atoms with E-state index in [1.165, 1.54) is 11.1 Å². The van der Waals surface area contributed by atoms with Gasteiger partial charge in [-0.3, -0.25) is 0 Å². The van der Waals surface area contributed by atoms with Crippen molar-refractivity contribution >= 4 is 12.0 Å². The molecule has 0 saturated carbocycles. The molecule has 2 heteroatoms. The van der Waals surface area contributed by atoms with Gasteiger partial charge < -0.3 is 10.5 Å². The Morgan fingerprint density at radius 3 is 2.50 bits per heavy atom. The topological polar surface area (TPSA) is 43.1 Å². The van der Waals surface area contributed by atoms with Gasteiger partial charge in [0.1, 0.15) is 6.29 Å². The Hall–Kier alpha value is -1.31. The second kappa shape index (κ2) is 3.39. The summed E-state index contributed by atoms with van der Waals surface area (Å²) in [7, 11) is 0. The summed E-state index contributed by atoms with van der Waals surface area (Å²) in [5.74, 6) is 0. The number of aldehydes is 1. The lowest BCUT2D eigenvalue weighted by Crippen LogP contribution is -1.97. The molecule has 1 rings (SSSR count). The fraction of sp³-hybridized carbons (Fsp3) is 0.300. The van der Waals surface area contributed by atoms with Gasteiger partial charge >= 0.3 is 0 Å². The Labute approximate surface area is 72.4 Å². The quantitative estimate of drug-likeness (QED) is 0.532. The van der Waals surface area contributed by atoms with Crippen molar-refractivity contribution in [1.29, 1.82) is 0 Å². The SMILES string of the molecule is Cc1cc(N)c(CC=O)cc1C. The van der Waals surface area contributed by atoms with Gasteiger partial charge in [0.25, 0.3) is 0 Å². The number of carbonyl (C=O) groups excluding carboxylic acids is 1. The molecule has 64 valence electrons. The van der Waals surface area contributed by atoms with Crippen molar-refractivity contribution in [2.24, 2.45) is 0 Å². The van der Waals surface area contributed by atoms with Crippen molar-refractivity contribution in [3.05, 3.63) is 28.8 Å². The fourth-order valence-corrected chi connectivity index (χ4v) is 1.16. The Morgan fingerprint density at radius 1 is 1.33 bits per heavy atom. The minimum absolute atomic E-state index is 0.410. The third kappa shape index (κ3) is 1.64. The molecule has 1 aromatic rings. The molecule has 0 bridgehead atoms. The van der Waals surface area contributed by atoms with Crippen LogP contribution in [0.3, 0.4) is 0 Å². The molecule has 0 aliphatic heterocycles. The highest BCUT2D eigenvalue weighted by atomic mass is 16.1. The van der Waals surface area contributed by atoms with Crippen LogP contribution >= 0.6 is 0 Å². The number of hydrogen-bond donors (Lipinski definition) is 1. The molecule has 0 aromatic heterocycles. The van der Waals surface area contributed by atoms with E-state index < -0.39 is 0 Å². The van der Waals surface area contributed by atoms with Crippen LogP contribution in [0.15, 0.2) is 12.1 Å². The standard InChI is InChI=1S/C10H13NO/c1-7-5-9(3-4-12)10(11)6-8(7)2/h4-6H,3,11H2,1-2H3. The van der Waals surface area contributed by atoms with Crippen LogP contribution in [0.1, 0.15) is 16.7 Å². The van der Waals surface area contributed by atoms with Crippen molar-refractivity contribution in [2.75, 3.05) is 5.73 Å². The van der Waals surface area contributed by atoms with E-state index in [1.54, 1.807) is 0 Å². The molecule has 2 N–H and O–H groups in total. The van der Waals surface area contributed by atoms with Crippen molar-refractivity contribution < 1.29 is 4.79 Å². The van der Waals surface area contributed by atoms with Crippen LogP contribution in [0.5, 0.6) is 0 Å². The molecule has 0 radical (unpaired) electrons. The number of hydrogen-bond acceptors (Lipinski definition) is 2. The molecule has 2 nitrogen and oxygen atoms in total. The van der Waals surface area contributed by atoms with Crippen molar-refractivity contribution in [1.82, 2.24) is 0 Å². The highest BCUT2D eigenvalue weighted by Crippen LogP contribution is 2.17. The summed E-state index contributed by atoms with van der Waals surface area (Å²) < 4.78 is 0. The van der Waals surface area contributed by atoms with Crippen LogP contribution in [0.2, 0.25) is 0 Å². The second-order valence-corrected chi connectivity index (χ2v) is 3.01. The van der Waals surface area contributed by atoms with E-state index in [4.69, 9.17) is 5.73 Å². The lowest BCUT2D eigenvalue weighted by molar-refractivity contribution is -0.107. The van der Waals surface area contributed by atoms with Gasteiger partial charge in [-0.1, -0.05) is 6.07 Å². The van der Waals surface area contributed by atoms with E-state index in [-0.39, 0.29) is 0 Å². The zero-order chi connectivity index (χ0) is 9.14. The van der Waals surface area contributed by atoms with E-state index >= 15 is 0 Å². The first-order valence-corrected chi connectivity index (χ1v) is 3.94. The number of nitrogen functional groups attached to an aromatic ring is 1. The predicted octanol–water partition coefficient (Wildman–Crippen LogP) is 1.63. The van der Waals surface area contributed by atoms with Crippen molar-refractivity contribution in [2.45, 2.75) is 20.3 Å². The molecule has 0 heterocycles. The Bertz CT molecular complexity index is 305. The summed E-state index contributed by atoms with van der Waals surface area (Å²) >= 11 is 0. The lowest BCUT2D eigenvalue weighted by Gasteiger charge is -2.06. The molecule has 0 aliphatic carbocycles. The highest BCUT2D eigenvalue weighted by Gasteiger charge is 2.00. The van der Waals surface area contributed by atoms with Gasteiger partial charge in [0.05, 0.1) is 0 Å². The smallest absolute Gasteiger partial charge is 0.124 e. The molecule has 0 aliphatic rings. The number of rotatable bonds is 2. The fourth-order valence-electron chi connectivity index (χ4n) is 1.16. The normalized spacial score (nSPS) is 9.83. The number of aryl methyl sites for hydroxylation is 2. The van der Waals surface area contributed by atoms with Gasteiger partial charge in [0.15, 0.2) is 0 Å². The van der Waals surface area contributed by atoms with Gasteiger partial charge in [0, 0.05) is 12.1 Å². The maximum absolute atomic E-state index is 10.3. The lowest BCUT2D eigenvalue weighted by atomic mass is 10.0. The minimum atomic E-state index is 0.410. The molecule has 12 heavy (non-hydrogen) atoms. The van der Waals surface area contributed by atoms with Crippen LogP contribution in [-0.4, -0.2) is 6.29 Å². The summed E-state index contributed by atoms with van der Waals surface area (Å²) in [5, 5.41) is 0. The third-order valence-electron chi connectivity index (χ3n) is 2.06. The van der Waals surface area contributed by atoms with Crippen LogP contribution in [0, 0.1) is 13.8 Å². The molecule has 0 amide bonds. The summed E-state index contributed by atoms with van der Waals surface area (Å²) in [5.41, 5.74) is 9.70. The molecule has 0 spiro atoms. The van der Waals surface area contributed by atoms with Crippen LogP contribution in [0.4, 0.5) is 5.69 Å². The Kier molecular flexibility index (Phi) is 2.48. The highest BCUT2D eigenvalue weighted by molar-refractivity contribution is 5.62. The minimum Gasteiger partial charge on any atom is -0.398 e. The van der Waals surface area contributed by atoms with Crippen molar-refractivity contribution in [3.8, 4) is 0 Å². The second-order valence-electron chi connectivity index (χ2n) is 3.01. The molecule has 0 saturated heterocycles. The summed E-state index contributed by atoms with van der Waals surface area (Å²) in [6.45, 7) is 4.03. The molecule has 0 fully saturated rings. The first-order valence-electron chi connectivity index (χ1n) is 3.94. The van der Waals surface area contributed by atoms with Crippen LogP contribution < -0.4 is 5.73 Å². The average molecular weight is 163 g/mol. The number of carbonyl (C=O) groups is 1. The van der Waals surface area contributed by atoms with E-state index in [9.17, 15) is 4.79 Å². The van der Waals surface area contributed by atoms with Gasteiger partial charge in [0.2, 0.25) is 0 Å². The Morgan fingerprint density at radius 2 is 1.92 bits per heavy atom. The van der Waals surface area contributed by atoms with Gasteiger partial charge in [-0.15, -0.1) is 0 Å². The zero-order valence-corrected chi connectivity index (χ0v) is 7.42. The molecular formula is C10H13NO. The summed E-state index contributed by atoms with van der Waals surface area (Å²) in [6.07, 6.45) is 1.29.